The molecular weight excluding hydrogens is 208 g/mol. The Bertz CT molecular complexity index is 323. The maximum Gasteiger partial charge on any atom is 0.318 e. The van der Waals surface area contributed by atoms with Gasteiger partial charge in [0.05, 0.1) is 18.0 Å². The minimum absolute atomic E-state index is 0.0300. The largest absolute Gasteiger partial charge is 0.351 e. The molecule has 1 aliphatic heterocycles. The zero-order valence-corrected chi connectivity index (χ0v) is 9.27. The summed E-state index contributed by atoms with van der Waals surface area (Å²) in [5, 5.41) is 10.9. The van der Waals surface area contributed by atoms with Crippen LogP contribution in [0.5, 0.6) is 0 Å². The van der Waals surface area contributed by atoms with Gasteiger partial charge in [-0.25, -0.2) is 4.79 Å². The van der Waals surface area contributed by atoms with Crippen LogP contribution in [-0.2, 0) is 4.79 Å². The molecule has 2 atom stereocenters. The third-order valence-electron chi connectivity index (χ3n) is 2.81. The maximum atomic E-state index is 11.5. The number of primary amides is 1. The highest BCUT2D eigenvalue weighted by Gasteiger charge is 2.27. The van der Waals surface area contributed by atoms with Crippen molar-refractivity contribution in [2.24, 2.45) is 11.7 Å². The van der Waals surface area contributed by atoms with Crippen LogP contribution in [0, 0.1) is 17.2 Å². The van der Waals surface area contributed by atoms with E-state index in [1.165, 1.54) is 0 Å². The van der Waals surface area contributed by atoms with E-state index in [1.54, 1.807) is 6.92 Å². The van der Waals surface area contributed by atoms with Crippen LogP contribution in [0.3, 0.4) is 0 Å². The molecular formula is C10H16N4O2. The molecule has 3 N–H and O–H groups in total. The van der Waals surface area contributed by atoms with Gasteiger partial charge in [-0.3, -0.25) is 15.0 Å². The number of nitriles is 1. The van der Waals surface area contributed by atoms with Crippen molar-refractivity contribution in [1.29, 1.82) is 5.26 Å². The third kappa shape index (κ3) is 3.21. The lowest BCUT2D eigenvalue weighted by Crippen LogP contribution is -2.51. The van der Waals surface area contributed by atoms with Gasteiger partial charge in [0.15, 0.2) is 0 Å². The molecule has 0 radical (unpaired) electrons. The summed E-state index contributed by atoms with van der Waals surface area (Å²) in [6.07, 6.45) is 1.77. The first-order valence-corrected chi connectivity index (χ1v) is 5.28. The topological polar surface area (TPSA) is 99.2 Å². The average Bonchev–Trinajstić information content (AvgIpc) is 2.27. The zero-order valence-electron chi connectivity index (χ0n) is 9.27. The fourth-order valence-corrected chi connectivity index (χ4v) is 1.86. The van der Waals surface area contributed by atoms with E-state index in [2.05, 4.69) is 6.07 Å². The zero-order chi connectivity index (χ0) is 12.1. The number of amides is 3. The Balaban J connectivity index is 2.53. The van der Waals surface area contributed by atoms with E-state index < -0.39 is 18.0 Å². The summed E-state index contributed by atoms with van der Waals surface area (Å²) < 4.78 is 0. The van der Waals surface area contributed by atoms with Crippen LogP contribution in [-0.4, -0.2) is 36.0 Å². The summed E-state index contributed by atoms with van der Waals surface area (Å²) in [5.41, 5.74) is 4.87. The molecule has 6 nitrogen and oxygen atoms in total. The smallest absolute Gasteiger partial charge is 0.318 e. The van der Waals surface area contributed by atoms with E-state index in [1.807, 2.05) is 10.2 Å². The Kier molecular flexibility index (Phi) is 4.26. The van der Waals surface area contributed by atoms with Gasteiger partial charge in [-0.2, -0.15) is 5.26 Å². The van der Waals surface area contributed by atoms with Gasteiger partial charge >= 0.3 is 6.03 Å². The van der Waals surface area contributed by atoms with Crippen molar-refractivity contribution in [3.05, 3.63) is 0 Å². The number of nitrogens with one attached hydrogen (secondary N) is 1. The number of hydrogen-bond donors (Lipinski definition) is 2. The number of nitrogens with zero attached hydrogens (tertiary/aromatic N) is 2. The van der Waals surface area contributed by atoms with E-state index in [9.17, 15) is 9.59 Å². The van der Waals surface area contributed by atoms with Gasteiger partial charge in [-0.15, -0.1) is 0 Å². The Morgan fingerprint density at radius 3 is 2.88 bits per heavy atom. The quantitative estimate of drug-likeness (QED) is 0.678. The number of urea groups is 1. The second-order valence-corrected chi connectivity index (χ2v) is 3.99. The van der Waals surface area contributed by atoms with Crippen LogP contribution < -0.4 is 11.1 Å². The van der Waals surface area contributed by atoms with Crippen molar-refractivity contribution in [3.8, 4) is 6.07 Å². The minimum atomic E-state index is -0.842. The van der Waals surface area contributed by atoms with Gasteiger partial charge in [-0.1, -0.05) is 0 Å². The van der Waals surface area contributed by atoms with Crippen molar-refractivity contribution in [3.63, 3.8) is 0 Å². The Labute approximate surface area is 94.4 Å². The van der Waals surface area contributed by atoms with E-state index in [-0.39, 0.29) is 5.92 Å². The first-order valence-electron chi connectivity index (χ1n) is 5.28. The van der Waals surface area contributed by atoms with Crippen molar-refractivity contribution < 1.29 is 9.59 Å². The lowest BCUT2D eigenvalue weighted by atomic mass is 9.98. The van der Waals surface area contributed by atoms with Crippen LogP contribution in [0.15, 0.2) is 0 Å². The molecule has 6 heteroatoms. The van der Waals surface area contributed by atoms with E-state index in [4.69, 9.17) is 11.0 Å². The van der Waals surface area contributed by atoms with Crippen LogP contribution in [0.4, 0.5) is 4.79 Å². The molecule has 3 amide bonds. The number of piperidine rings is 1. The molecule has 0 spiro atoms. The molecule has 0 aromatic rings. The third-order valence-corrected chi connectivity index (χ3v) is 2.81. The first kappa shape index (κ1) is 12.5. The normalized spacial score (nSPS) is 23.1. The fraction of sp³-hybridized carbons (Fsp3) is 0.700. The van der Waals surface area contributed by atoms with Gasteiger partial charge in [-0.05, 0) is 26.3 Å². The average molecular weight is 224 g/mol. The summed E-state index contributed by atoms with van der Waals surface area (Å²) in [6, 6.07) is 0.934. The highest BCUT2D eigenvalue weighted by atomic mass is 16.2. The van der Waals surface area contributed by atoms with Crippen molar-refractivity contribution in [2.45, 2.75) is 25.8 Å². The van der Waals surface area contributed by atoms with Crippen molar-refractivity contribution >= 4 is 11.9 Å². The summed E-state index contributed by atoms with van der Waals surface area (Å²) in [6.45, 7) is 3.05. The molecule has 0 saturated carbocycles. The lowest BCUT2D eigenvalue weighted by molar-refractivity contribution is -0.125. The number of hydrogen-bond acceptors (Lipinski definition) is 4. The molecule has 1 fully saturated rings. The van der Waals surface area contributed by atoms with Gasteiger partial charge < -0.3 is 5.73 Å². The van der Waals surface area contributed by atoms with Gasteiger partial charge in [0.1, 0.15) is 0 Å². The standard InChI is InChI=1S/C10H16N4O2/c1-7(9(15)13-10(12)16)14-4-2-3-8(5-11)6-14/h7-8H,2-4,6H2,1H3,(H3,12,13,15,16). The number of imide groups is 1. The molecule has 1 saturated heterocycles. The number of rotatable bonds is 2. The Hall–Kier alpha value is -1.61. The molecule has 0 bridgehead atoms. The summed E-state index contributed by atoms with van der Waals surface area (Å²) in [5.74, 6) is -0.441. The van der Waals surface area contributed by atoms with E-state index in [0.717, 1.165) is 19.4 Å². The molecule has 1 rings (SSSR count). The molecule has 88 valence electrons. The molecule has 2 unspecified atom stereocenters. The van der Waals surface area contributed by atoms with Gasteiger partial charge in [0, 0.05) is 6.54 Å². The van der Waals surface area contributed by atoms with Crippen molar-refractivity contribution in [1.82, 2.24) is 10.2 Å². The molecule has 0 aromatic heterocycles. The molecule has 16 heavy (non-hydrogen) atoms. The summed E-state index contributed by atoms with van der Waals surface area (Å²) in [7, 11) is 0. The summed E-state index contributed by atoms with van der Waals surface area (Å²) in [4.78, 5) is 23.9. The van der Waals surface area contributed by atoms with Crippen LogP contribution in [0.25, 0.3) is 0 Å². The predicted octanol–water partition coefficient (Wildman–Crippen LogP) is -0.195. The highest BCUT2D eigenvalue weighted by Crippen LogP contribution is 2.17. The fourth-order valence-electron chi connectivity index (χ4n) is 1.86. The second-order valence-electron chi connectivity index (χ2n) is 3.99. The first-order chi connectivity index (χ1) is 7.54. The Morgan fingerprint density at radius 1 is 1.62 bits per heavy atom. The maximum absolute atomic E-state index is 11.5. The van der Waals surface area contributed by atoms with Gasteiger partial charge in [0.25, 0.3) is 0 Å². The van der Waals surface area contributed by atoms with E-state index >= 15 is 0 Å². The predicted molar refractivity (Wildman–Crippen MR) is 57.1 cm³/mol. The highest BCUT2D eigenvalue weighted by molar-refractivity contribution is 5.96. The minimum Gasteiger partial charge on any atom is -0.351 e. The Morgan fingerprint density at radius 2 is 2.31 bits per heavy atom. The van der Waals surface area contributed by atoms with Gasteiger partial charge in [0.2, 0.25) is 5.91 Å². The molecule has 0 aliphatic carbocycles. The molecule has 1 aliphatic rings. The number of carbonyl (C=O) groups is 2. The monoisotopic (exact) mass is 224 g/mol. The molecule has 1 heterocycles. The SMILES string of the molecule is CC(C(=O)NC(N)=O)N1CCCC(C#N)C1. The van der Waals surface area contributed by atoms with Crippen LogP contribution in [0.1, 0.15) is 19.8 Å². The van der Waals surface area contributed by atoms with E-state index in [0.29, 0.717) is 6.54 Å². The number of nitrogens with two attached hydrogens (primary N) is 1. The number of likely N-dealkylation sites (tertiary alicyclic amines) is 1. The second kappa shape index (κ2) is 5.47. The lowest BCUT2D eigenvalue weighted by Gasteiger charge is -2.33. The van der Waals surface area contributed by atoms with Crippen LogP contribution in [0.2, 0.25) is 0 Å². The number of carbonyl (C=O) groups excluding carboxylic acids is 2. The van der Waals surface area contributed by atoms with Crippen LogP contribution >= 0.6 is 0 Å². The van der Waals surface area contributed by atoms with Crippen molar-refractivity contribution in [2.75, 3.05) is 13.1 Å². The molecule has 0 aromatic carbocycles. The summed E-state index contributed by atoms with van der Waals surface area (Å²) >= 11 is 0.